The minimum atomic E-state index is -0.749. The molecule has 0 aliphatic carbocycles. The number of unbranched alkanes of at least 4 members (excludes halogenated alkanes) is 1. The summed E-state index contributed by atoms with van der Waals surface area (Å²) in [6.07, 6.45) is 4.58. The molecule has 0 aliphatic rings. The lowest BCUT2D eigenvalue weighted by atomic mass is 9.91. The zero-order valence-electron chi connectivity index (χ0n) is 11.1. The van der Waals surface area contributed by atoms with E-state index in [9.17, 15) is 9.18 Å². The summed E-state index contributed by atoms with van der Waals surface area (Å²) < 4.78 is 17.8. The first-order valence-corrected chi connectivity index (χ1v) is 7.95. The SMILES string of the molecule is CCCCSN[C@@](C)(CC=O)c1cc(Br)cnc1F. The Bertz CT molecular complexity index is 433. The number of aldehydes is 1. The fourth-order valence-electron chi connectivity index (χ4n) is 1.61. The lowest BCUT2D eigenvalue weighted by molar-refractivity contribution is -0.108. The van der Waals surface area contributed by atoms with Crippen LogP contribution in [-0.4, -0.2) is 17.0 Å². The fourth-order valence-corrected chi connectivity index (χ4v) is 2.99. The number of pyridine rings is 1. The largest absolute Gasteiger partial charge is 0.303 e. The van der Waals surface area contributed by atoms with E-state index in [0.717, 1.165) is 24.9 Å². The van der Waals surface area contributed by atoms with Crippen molar-refractivity contribution in [3.63, 3.8) is 0 Å². The van der Waals surface area contributed by atoms with Crippen molar-refractivity contribution in [3.8, 4) is 0 Å². The van der Waals surface area contributed by atoms with Gasteiger partial charge in [-0.15, -0.1) is 0 Å². The first-order valence-electron chi connectivity index (χ1n) is 6.17. The molecule has 0 saturated carbocycles. The van der Waals surface area contributed by atoms with Crippen molar-refractivity contribution >= 4 is 34.2 Å². The highest BCUT2D eigenvalue weighted by atomic mass is 79.9. The van der Waals surface area contributed by atoms with Gasteiger partial charge in [0, 0.05) is 28.4 Å². The number of hydrogen-bond acceptors (Lipinski definition) is 4. The molecule has 0 unspecified atom stereocenters. The molecule has 0 amide bonds. The van der Waals surface area contributed by atoms with E-state index < -0.39 is 11.5 Å². The molecule has 1 heterocycles. The molecule has 3 nitrogen and oxygen atoms in total. The molecule has 0 fully saturated rings. The zero-order chi connectivity index (χ0) is 14.3. The van der Waals surface area contributed by atoms with E-state index in [2.05, 4.69) is 32.6 Å². The Balaban J connectivity index is 2.90. The summed E-state index contributed by atoms with van der Waals surface area (Å²) >= 11 is 4.80. The van der Waals surface area contributed by atoms with Crippen molar-refractivity contribution in [2.24, 2.45) is 0 Å². The van der Waals surface area contributed by atoms with Crippen LogP contribution in [0.25, 0.3) is 0 Å². The number of halogens is 2. The van der Waals surface area contributed by atoms with Crippen LogP contribution in [0.1, 0.15) is 38.7 Å². The second kappa shape index (κ2) is 7.97. The molecule has 19 heavy (non-hydrogen) atoms. The highest BCUT2D eigenvalue weighted by Gasteiger charge is 2.30. The number of carbonyl (C=O) groups is 1. The van der Waals surface area contributed by atoms with Crippen LogP contribution >= 0.6 is 27.9 Å². The van der Waals surface area contributed by atoms with Gasteiger partial charge in [0.05, 0.1) is 5.54 Å². The van der Waals surface area contributed by atoms with E-state index in [0.29, 0.717) is 10.0 Å². The maximum absolute atomic E-state index is 13.9. The molecule has 0 aliphatic heterocycles. The summed E-state index contributed by atoms with van der Waals surface area (Å²) in [7, 11) is 0. The van der Waals surface area contributed by atoms with E-state index in [1.807, 2.05) is 6.92 Å². The first kappa shape index (κ1) is 16.6. The molecule has 1 N–H and O–H groups in total. The standard InChI is InChI=1S/C13H18BrFN2OS/c1-3-4-7-19-17-13(2,5-6-18)11-8-10(14)9-16-12(11)15/h6,8-9,17H,3-5,7H2,1-2H3/t13-/m0/s1. The third kappa shape index (κ3) is 4.85. The fraction of sp³-hybridized carbons (Fsp3) is 0.538. The average molecular weight is 349 g/mol. The Labute approximate surface area is 126 Å². The van der Waals surface area contributed by atoms with Gasteiger partial charge >= 0.3 is 0 Å². The molecule has 106 valence electrons. The van der Waals surface area contributed by atoms with Crippen LogP contribution in [0.5, 0.6) is 0 Å². The van der Waals surface area contributed by atoms with Gasteiger partial charge in [0.1, 0.15) is 6.29 Å². The average Bonchev–Trinajstić information content (AvgIpc) is 2.38. The molecule has 1 atom stereocenters. The molecule has 0 aromatic carbocycles. The van der Waals surface area contributed by atoms with Crippen LogP contribution < -0.4 is 4.72 Å². The highest BCUT2D eigenvalue weighted by molar-refractivity contribution is 9.10. The van der Waals surface area contributed by atoms with Crippen LogP contribution in [0.4, 0.5) is 4.39 Å². The van der Waals surface area contributed by atoms with Gasteiger partial charge in [-0.25, -0.2) is 4.98 Å². The zero-order valence-corrected chi connectivity index (χ0v) is 13.5. The van der Waals surface area contributed by atoms with Crippen LogP contribution in [-0.2, 0) is 10.3 Å². The van der Waals surface area contributed by atoms with Gasteiger partial charge in [-0.3, -0.25) is 4.72 Å². The first-order chi connectivity index (χ1) is 9.03. The van der Waals surface area contributed by atoms with Crippen LogP contribution in [0.3, 0.4) is 0 Å². The topological polar surface area (TPSA) is 42.0 Å². The molecule has 0 spiro atoms. The van der Waals surface area contributed by atoms with Crippen molar-refractivity contribution < 1.29 is 9.18 Å². The van der Waals surface area contributed by atoms with Crippen LogP contribution in [0.2, 0.25) is 0 Å². The van der Waals surface area contributed by atoms with Crippen molar-refractivity contribution in [1.29, 1.82) is 0 Å². The van der Waals surface area contributed by atoms with Gasteiger partial charge in [-0.05, 0) is 35.3 Å². The number of hydrogen-bond donors (Lipinski definition) is 1. The van der Waals surface area contributed by atoms with E-state index in [4.69, 9.17) is 0 Å². The Morgan fingerprint density at radius 2 is 2.37 bits per heavy atom. The summed E-state index contributed by atoms with van der Waals surface area (Å²) in [5, 5.41) is 0. The summed E-state index contributed by atoms with van der Waals surface area (Å²) in [4.78, 5) is 14.6. The number of carbonyl (C=O) groups excluding carboxylic acids is 1. The highest BCUT2D eigenvalue weighted by Crippen LogP contribution is 2.29. The second-order valence-corrected chi connectivity index (χ2v) is 6.32. The maximum atomic E-state index is 13.9. The minimum absolute atomic E-state index is 0.196. The molecule has 0 saturated heterocycles. The monoisotopic (exact) mass is 348 g/mol. The van der Waals surface area contributed by atoms with Gasteiger partial charge < -0.3 is 4.79 Å². The molecule has 6 heteroatoms. The summed E-state index contributed by atoms with van der Waals surface area (Å²) in [5.41, 5.74) is -0.348. The van der Waals surface area contributed by atoms with Gasteiger partial charge in [0.25, 0.3) is 0 Å². The van der Waals surface area contributed by atoms with E-state index in [1.165, 1.54) is 18.1 Å². The van der Waals surface area contributed by atoms with Gasteiger partial charge in [-0.2, -0.15) is 4.39 Å². The summed E-state index contributed by atoms with van der Waals surface area (Å²) in [6.45, 7) is 3.93. The van der Waals surface area contributed by atoms with Crippen LogP contribution in [0, 0.1) is 5.95 Å². The number of aromatic nitrogens is 1. The summed E-state index contributed by atoms with van der Waals surface area (Å²) in [6, 6.07) is 1.67. The third-order valence-electron chi connectivity index (χ3n) is 2.79. The molecule has 1 rings (SSSR count). The summed E-state index contributed by atoms with van der Waals surface area (Å²) in [5.74, 6) is 0.379. The van der Waals surface area contributed by atoms with Gasteiger partial charge in [0.2, 0.25) is 5.95 Å². The molecule has 0 radical (unpaired) electrons. The maximum Gasteiger partial charge on any atom is 0.218 e. The molecular weight excluding hydrogens is 331 g/mol. The Morgan fingerprint density at radius 3 is 3.00 bits per heavy atom. The number of nitrogens with one attached hydrogen (secondary N) is 1. The normalized spacial score (nSPS) is 14.1. The van der Waals surface area contributed by atoms with E-state index in [1.54, 1.807) is 6.07 Å². The number of nitrogens with zero attached hydrogens (tertiary/aromatic N) is 1. The Morgan fingerprint density at radius 1 is 1.63 bits per heavy atom. The lowest BCUT2D eigenvalue weighted by Crippen LogP contribution is -2.37. The molecule has 0 bridgehead atoms. The van der Waals surface area contributed by atoms with Crippen molar-refractivity contribution in [2.75, 3.05) is 5.75 Å². The lowest BCUT2D eigenvalue weighted by Gasteiger charge is -2.29. The quantitative estimate of drug-likeness (QED) is 0.335. The molecule has 1 aromatic rings. The molecular formula is C13H18BrFN2OS. The third-order valence-corrected chi connectivity index (χ3v) is 4.31. The minimum Gasteiger partial charge on any atom is -0.303 e. The van der Waals surface area contributed by atoms with Gasteiger partial charge in [0.15, 0.2) is 0 Å². The van der Waals surface area contributed by atoms with E-state index in [-0.39, 0.29) is 6.42 Å². The van der Waals surface area contributed by atoms with Crippen molar-refractivity contribution in [1.82, 2.24) is 9.71 Å². The van der Waals surface area contributed by atoms with Crippen molar-refractivity contribution in [2.45, 2.75) is 38.6 Å². The predicted octanol–water partition coefficient (Wildman–Crippen LogP) is 3.83. The number of rotatable bonds is 8. The molecule has 1 aromatic heterocycles. The van der Waals surface area contributed by atoms with Crippen molar-refractivity contribution in [3.05, 3.63) is 28.2 Å². The predicted molar refractivity (Wildman–Crippen MR) is 80.4 cm³/mol. The second-order valence-electron chi connectivity index (χ2n) is 4.50. The smallest absolute Gasteiger partial charge is 0.218 e. The van der Waals surface area contributed by atoms with Gasteiger partial charge in [-0.1, -0.05) is 25.3 Å². The van der Waals surface area contributed by atoms with Crippen LogP contribution in [0.15, 0.2) is 16.7 Å². The van der Waals surface area contributed by atoms with E-state index >= 15 is 0 Å². The Kier molecular flexibility index (Phi) is 6.96. The Hall–Kier alpha value is -0.460.